The molecule has 7 atom stereocenters. The van der Waals surface area contributed by atoms with Crippen molar-refractivity contribution in [1.29, 1.82) is 0 Å². The first-order valence-corrected chi connectivity index (χ1v) is 12.0. The third-order valence-electron chi connectivity index (χ3n) is 7.87. The number of ketones is 1. The summed E-state index contributed by atoms with van der Waals surface area (Å²) in [5.74, 6) is -0.715. The lowest BCUT2D eigenvalue weighted by Crippen LogP contribution is -2.44. The molecule has 0 aromatic heterocycles. The zero-order chi connectivity index (χ0) is 25.5. The quantitative estimate of drug-likeness (QED) is 0.252. The van der Waals surface area contributed by atoms with E-state index in [1.807, 2.05) is 96.2 Å². The van der Waals surface area contributed by atoms with Crippen LogP contribution in [0.1, 0.15) is 55.4 Å². The molecule has 5 heteroatoms. The fourth-order valence-electron chi connectivity index (χ4n) is 5.45. The first kappa shape index (κ1) is 26.1. The first-order chi connectivity index (χ1) is 15.8. The second-order valence-electron chi connectivity index (χ2n) is 10.6. The molecule has 1 N–H and O–H groups in total. The summed E-state index contributed by atoms with van der Waals surface area (Å²) in [6.45, 7) is 15.1. The van der Waals surface area contributed by atoms with Gasteiger partial charge in [-0.15, -0.1) is 0 Å². The molecule has 0 spiro atoms. The second kappa shape index (κ2) is 9.27. The van der Waals surface area contributed by atoms with Crippen molar-refractivity contribution in [3.05, 3.63) is 71.4 Å². The highest BCUT2D eigenvalue weighted by Gasteiger charge is 2.73. The van der Waals surface area contributed by atoms with E-state index in [0.29, 0.717) is 0 Å². The molecule has 5 nitrogen and oxygen atoms in total. The monoisotopic (exact) mass is 466 g/mol. The highest BCUT2D eigenvalue weighted by molar-refractivity contribution is 6.10. The summed E-state index contributed by atoms with van der Waals surface area (Å²) >= 11 is 0. The summed E-state index contributed by atoms with van der Waals surface area (Å²) in [6.07, 6.45) is 16.8. The van der Waals surface area contributed by atoms with E-state index in [1.165, 1.54) is 0 Å². The van der Waals surface area contributed by atoms with Crippen LogP contribution in [0.15, 0.2) is 71.4 Å². The lowest BCUT2D eigenvalue weighted by Gasteiger charge is -2.37. The second-order valence-corrected chi connectivity index (χ2v) is 10.6. The van der Waals surface area contributed by atoms with E-state index in [0.717, 1.165) is 16.7 Å². The molecule has 184 valence electrons. The van der Waals surface area contributed by atoms with Crippen LogP contribution in [0.25, 0.3) is 0 Å². The fraction of sp³-hybridized carbons (Fsp3) is 0.517. The third-order valence-corrected chi connectivity index (χ3v) is 7.87. The normalized spacial score (nSPS) is 41.3. The van der Waals surface area contributed by atoms with E-state index >= 15 is 0 Å². The number of allylic oxidation sites excluding steroid dienone is 8. The predicted octanol–water partition coefficient (Wildman–Crippen LogP) is 5.19. The SMILES string of the molecule is CC1=C[C@@](C)(O)[C@@H](C)O[C@H]1/C(C)=C/C=C/C=C/C=C/C(C)=C/[C@@]1(C)[C@H]2OC(=O)[C@]1(C)C(=O)C2C. The van der Waals surface area contributed by atoms with Crippen molar-refractivity contribution in [2.24, 2.45) is 16.7 Å². The van der Waals surface area contributed by atoms with E-state index in [1.54, 1.807) is 13.8 Å². The first-order valence-electron chi connectivity index (χ1n) is 12.0. The molecule has 1 aliphatic carbocycles. The Balaban J connectivity index is 1.61. The number of esters is 1. The number of fused-ring (bicyclic) bond motifs is 2. The Morgan fingerprint density at radius 1 is 1.03 bits per heavy atom. The minimum absolute atomic E-state index is 0.0261. The van der Waals surface area contributed by atoms with Gasteiger partial charge in [-0.3, -0.25) is 9.59 Å². The smallest absolute Gasteiger partial charge is 0.320 e. The molecule has 3 rings (SSSR count). The molecule has 1 saturated carbocycles. The van der Waals surface area contributed by atoms with Gasteiger partial charge in [0.2, 0.25) is 0 Å². The highest BCUT2D eigenvalue weighted by atomic mass is 16.6. The minimum atomic E-state index is -1.11. The predicted molar refractivity (Wildman–Crippen MR) is 134 cm³/mol. The summed E-state index contributed by atoms with van der Waals surface area (Å²) in [4.78, 5) is 25.0. The van der Waals surface area contributed by atoms with Crippen molar-refractivity contribution in [2.75, 3.05) is 0 Å². The molecule has 2 aliphatic heterocycles. The van der Waals surface area contributed by atoms with Gasteiger partial charge in [0.25, 0.3) is 0 Å². The van der Waals surface area contributed by atoms with E-state index < -0.39 is 28.5 Å². The maximum Gasteiger partial charge on any atom is 0.320 e. The van der Waals surface area contributed by atoms with Gasteiger partial charge in [-0.2, -0.15) is 0 Å². The summed E-state index contributed by atoms with van der Waals surface area (Å²) in [5.41, 5.74) is 0.361. The molecule has 2 fully saturated rings. The van der Waals surface area contributed by atoms with Gasteiger partial charge in [0.15, 0.2) is 5.78 Å². The summed E-state index contributed by atoms with van der Waals surface area (Å²) in [6, 6.07) is 0. The number of hydrogen-bond acceptors (Lipinski definition) is 5. The topological polar surface area (TPSA) is 72.8 Å². The van der Waals surface area contributed by atoms with E-state index in [2.05, 4.69) is 0 Å². The Kier molecular flexibility index (Phi) is 7.12. The van der Waals surface area contributed by atoms with Gasteiger partial charge in [0.05, 0.1) is 18.1 Å². The van der Waals surface area contributed by atoms with Crippen LogP contribution in [0.3, 0.4) is 0 Å². The van der Waals surface area contributed by atoms with Gasteiger partial charge < -0.3 is 14.6 Å². The van der Waals surface area contributed by atoms with Crippen LogP contribution < -0.4 is 0 Å². The van der Waals surface area contributed by atoms with Crippen LogP contribution in [0.2, 0.25) is 0 Å². The van der Waals surface area contributed by atoms with Crippen LogP contribution in [-0.4, -0.2) is 40.8 Å². The molecule has 0 radical (unpaired) electrons. The standard InChI is InChI=1S/C29H38O5/c1-18(16-27(6)25-21(4)24(30)29(27,8)26(31)34-25)14-12-10-9-11-13-15-19(2)23-20(3)17-28(7,32)22(5)33-23/h9-17,21-23,25,32H,1-8H3/b10-9+,13-11+,14-12+,18-16+,19-15+/t21?,22-,23+,25+,27+,28-,29+/m1/s1. The maximum absolute atomic E-state index is 12.7. The third kappa shape index (κ3) is 4.32. The van der Waals surface area contributed by atoms with Crippen molar-refractivity contribution in [3.63, 3.8) is 0 Å². The number of Topliss-reactive ketones (excluding diaryl/α,β-unsaturated/α-hetero) is 1. The molecule has 2 heterocycles. The zero-order valence-corrected chi connectivity index (χ0v) is 21.6. The van der Waals surface area contributed by atoms with Gasteiger partial charge in [0.1, 0.15) is 17.1 Å². The molecule has 2 bridgehead atoms. The lowest BCUT2D eigenvalue weighted by molar-refractivity contribution is -0.161. The van der Waals surface area contributed by atoms with Crippen LogP contribution in [0.5, 0.6) is 0 Å². The molecule has 34 heavy (non-hydrogen) atoms. The van der Waals surface area contributed by atoms with E-state index in [-0.39, 0.29) is 23.9 Å². The van der Waals surface area contributed by atoms with Crippen molar-refractivity contribution in [1.82, 2.24) is 0 Å². The maximum atomic E-state index is 12.7. The summed E-state index contributed by atoms with van der Waals surface area (Å²) in [7, 11) is 0. The van der Waals surface area contributed by atoms with Crippen molar-refractivity contribution < 1.29 is 24.2 Å². The number of carbonyl (C=O) groups excluding carboxylic acids is 2. The molecule has 0 aromatic carbocycles. The molecular formula is C29H38O5. The molecule has 1 saturated heterocycles. The highest BCUT2D eigenvalue weighted by Crippen LogP contribution is 2.61. The largest absolute Gasteiger partial charge is 0.460 e. The van der Waals surface area contributed by atoms with Crippen LogP contribution in [0.4, 0.5) is 0 Å². The fourth-order valence-corrected chi connectivity index (χ4v) is 5.45. The summed E-state index contributed by atoms with van der Waals surface area (Å²) < 4.78 is 11.5. The number of ether oxygens (including phenoxy) is 2. The van der Waals surface area contributed by atoms with Crippen LogP contribution >= 0.6 is 0 Å². The number of rotatable bonds is 6. The van der Waals surface area contributed by atoms with Crippen molar-refractivity contribution in [2.45, 2.75) is 79.3 Å². The Morgan fingerprint density at radius 2 is 1.65 bits per heavy atom. The molecule has 0 amide bonds. The van der Waals surface area contributed by atoms with Gasteiger partial charge >= 0.3 is 5.97 Å². The van der Waals surface area contributed by atoms with Gasteiger partial charge in [-0.1, -0.05) is 68.0 Å². The van der Waals surface area contributed by atoms with E-state index in [9.17, 15) is 14.7 Å². The zero-order valence-electron chi connectivity index (χ0n) is 21.6. The number of hydrogen-bond donors (Lipinski definition) is 1. The molecule has 1 unspecified atom stereocenters. The number of aliphatic hydroxyl groups is 1. The molecule has 0 aromatic rings. The molecule has 3 aliphatic rings. The lowest BCUT2D eigenvalue weighted by atomic mass is 9.68. The average molecular weight is 467 g/mol. The van der Waals surface area contributed by atoms with Gasteiger partial charge in [-0.25, -0.2) is 0 Å². The Labute approximate surface area is 203 Å². The van der Waals surface area contributed by atoms with Gasteiger partial charge in [-0.05, 0) is 58.8 Å². The average Bonchev–Trinajstić information content (AvgIpc) is 3.02. The Bertz CT molecular complexity index is 1040. The van der Waals surface area contributed by atoms with Crippen LogP contribution in [0, 0.1) is 16.7 Å². The Hall–Kier alpha value is -2.50. The summed E-state index contributed by atoms with van der Waals surface area (Å²) in [5, 5.41) is 10.3. The minimum Gasteiger partial charge on any atom is -0.460 e. The van der Waals surface area contributed by atoms with Crippen molar-refractivity contribution in [3.8, 4) is 0 Å². The molecular weight excluding hydrogens is 428 g/mol. The van der Waals surface area contributed by atoms with E-state index in [4.69, 9.17) is 9.47 Å². The Morgan fingerprint density at radius 3 is 2.29 bits per heavy atom. The van der Waals surface area contributed by atoms with Crippen molar-refractivity contribution >= 4 is 11.8 Å². The number of carbonyl (C=O) groups is 2. The van der Waals surface area contributed by atoms with Gasteiger partial charge in [0, 0.05) is 5.41 Å². The van der Waals surface area contributed by atoms with Crippen LogP contribution in [-0.2, 0) is 19.1 Å².